The van der Waals surface area contributed by atoms with E-state index >= 15 is 0 Å². The number of rotatable bonds is 0. The van der Waals surface area contributed by atoms with Crippen molar-refractivity contribution >= 4 is 36.2 Å². The zero-order chi connectivity index (χ0) is 6.36. The molecule has 11 heavy (non-hydrogen) atoms. The normalized spacial score (nSPS) is 19.6. The van der Waals surface area contributed by atoms with E-state index in [1.165, 1.54) is 50.0 Å². The standard InChI is InChI=1S/C8H16S.N.Sb/c1-2-4-6-8-9-7-5-3-1;;/h1-8H2;;. The van der Waals surface area contributed by atoms with Gasteiger partial charge in [0.05, 0.1) is 0 Å². The van der Waals surface area contributed by atoms with Crippen LogP contribution in [0.3, 0.4) is 0 Å². The van der Waals surface area contributed by atoms with Crippen LogP contribution >= 0.6 is 11.8 Å². The first-order valence-electron chi connectivity index (χ1n) is 4.08. The molecule has 3 heteroatoms. The zero-order valence-electron chi connectivity index (χ0n) is 6.96. The van der Waals surface area contributed by atoms with Gasteiger partial charge in [0, 0.05) is 30.6 Å². The largest absolute Gasteiger partial charge is 0.162 e. The third-order valence-electron chi connectivity index (χ3n) is 1.83. The van der Waals surface area contributed by atoms with Crippen LogP contribution in [0, 0.1) is 0 Å². The Bertz CT molecular complexity index is 42.6. The SMILES string of the molecule is C1CCCCSCCC1.[N].[Sb]. The van der Waals surface area contributed by atoms with Crippen LogP contribution in [0.5, 0.6) is 0 Å². The Morgan fingerprint density at radius 1 is 0.636 bits per heavy atom. The zero-order valence-corrected chi connectivity index (χ0v) is 10.3. The second-order valence-electron chi connectivity index (χ2n) is 2.73. The van der Waals surface area contributed by atoms with Crippen molar-refractivity contribution in [2.75, 3.05) is 11.5 Å². The summed E-state index contributed by atoms with van der Waals surface area (Å²) in [5, 5.41) is 0. The molecule has 0 aromatic heterocycles. The van der Waals surface area contributed by atoms with Crippen LogP contribution in [-0.4, -0.2) is 35.9 Å². The first-order valence-corrected chi connectivity index (χ1v) is 5.23. The molecule has 1 saturated heterocycles. The number of hydrogen-bond acceptors (Lipinski definition) is 1. The summed E-state index contributed by atoms with van der Waals surface area (Å²) >= 11 is 2.14. The molecular weight excluding hydrogens is 264 g/mol. The summed E-state index contributed by atoms with van der Waals surface area (Å²) in [5.41, 5.74) is 0. The van der Waals surface area contributed by atoms with E-state index in [1.54, 1.807) is 0 Å². The van der Waals surface area contributed by atoms with E-state index in [1.807, 2.05) is 0 Å². The molecule has 0 aromatic rings. The maximum absolute atomic E-state index is 2.14. The molecule has 1 rings (SSSR count). The average Bonchev–Trinajstić information content (AvgIpc) is 2.00. The first-order chi connectivity index (χ1) is 4.50. The fraction of sp³-hybridized carbons (Fsp3) is 1.00. The van der Waals surface area contributed by atoms with Crippen LogP contribution in [0.25, 0.3) is 0 Å². The van der Waals surface area contributed by atoms with Gasteiger partial charge in [-0.2, -0.15) is 11.8 Å². The average molecular weight is 280 g/mol. The molecule has 6 radical (unpaired) electrons. The van der Waals surface area contributed by atoms with Crippen molar-refractivity contribution < 1.29 is 0 Å². The summed E-state index contributed by atoms with van der Waals surface area (Å²) in [7, 11) is 0. The van der Waals surface area contributed by atoms with Gasteiger partial charge in [0.15, 0.2) is 0 Å². The Morgan fingerprint density at radius 2 is 1.00 bits per heavy atom. The minimum atomic E-state index is 0. The quantitative estimate of drug-likeness (QED) is 0.626. The Kier molecular flexibility index (Phi) is 14.8. The van der Waals surface area contributed by atoms with E-state index in [0.29, 0.717) is 0 Å². The number of hydrogen-bond donors (Lipinski definition) is 0. The molecule has 0 spiro atoms. The van der Waals surface area contributed by atoms with Gasteiger partial charge in [-0.3, -0.25) is 0 Å². The predicted molar refractivity (Wildman–Crippen MR) is 52.9 cm³/mol. The second kappa shape index (κ2) is 11.1. The van der Waals surface area contributed by atoms with E-state index < -0.39 is 0 Å². The predicted octanol–water partition coefficient (Wildman–Crippen LogP) is 2.21. The summed E-state index contributed by atoms with van der Waals surface area (Å²) in [4.78, 5) is 0. The van der Waals surface area contributed by atoms with Crippen LogP contribution in [0.15, 0.2) is 0 Å². The fourth-order valence-electron chi connectivity index (χ4n) is 1.22. The maximum Gasteiger partial charge on any atom is 0 e. The molecule has 0 unspecified atom stereocenters. The number of thioether (sulfide) groups is 1. The van der Waals surface area contributed by atoms with Crippen molar-refractivity contribution in [2.45, 2.75) is 38.5 Å². The number of nitrogens with zero attached hydrogens (tertiary/aromatic N) is 1. The molecule has 64 valence electrons. The molecule has 0 N–H and O–H groups in total. The molecule has 0 amide bonds. The fourth-order valence-corrected chi connectivity index (χ4v) is 2.24. The van der Waals surface area contributed by atoms with E-state index in [9.17, 15) is 0 Å². The van der Waals surface area contributed by atoms with Gasteiger partial charge in [-0.15, -0.1) is 0 Å². The van der Waals surface area contributed by atoms with Gasteiger partial charge >= 0.3 is 0 Å². The van der Waals surface area contributed by atoms with Crippen LogP contribution in [-0.2, 0) is 0 Å². The van der Waals surface area contributed by atoms with Gasteiger partial charge in [-0.1, -0.05) is 25.7 Å². The Labute approximate surface area is 92.1 Å². The van der Waals surface area contributed by atoms with E-state index in [4.69, 9.17) is 0 Å². The Hall–Kier alpha value is 1.13. The Balaban J connectivity index is 0. The molecule has 1 nitrogen and oxygen atoms in total. The minimum Gasteiger partial charge on any atom is -0.162 e. The Morgan fingerprint density at radius 3 is 1.45 bits per heavy atom. The third-order valence-corrected chi connectivity index (χ3v) is 2.98. The summed E-state index contributed by atoms with van der Waals surface area (Å²) in [6.07, 6.45) is 8.86. The van der Waals surface area contributed by atoms with E-state index in [2.05, 4.69) is 11.8 Å². The molecule has 1 fully saturated rings. The topological polar surface area (TPSA) is 30.5 Å². The minimum absolute atomic E-state index is 0. The summed E-state index contributed by atoms with van der Waals surface area (Å²) in [5.74, 6) is 2.83. The van der Waals surface area contributed by atoms with Crippen molar-refractivity contribution in [2.24, 2.45) is 0 Å². The molecule has 0 aromatic carbocycles. The monoisotopic (exact) mass is 279 g/mol. The third kappa shape index (κ3) is 9.04. The molecule has 1 aliphatic heterocycles. The van der Waals surface area contributed by atoms with Gasteiger partial charge in [0.25, 0.3) is 0 Å². The van der Waals surface area contributed by atoms with Crippen molar-refractivity contribution in [3.05, 3.63) is 0 Å². The van der Waals surface area contributed by atoms with Crippen molar-refractivity contribution in [3.63, 3.8) is 0 Å². The molecule has 1 heterocycles. The van der Waals surface area contributed by atoms with Crippen LogP contribution in [0.2, 0.25) is 0 Å². The molecule has 0 saturated carbocycles. The van der Waals surface area contributed by atoms with Crippen molar-refractivity contribution in [1.29, 1.82) is 0 Å². The molecule has 0 bridgehead atoms. The van der Waals surface area contributed by atoms with Gasteiger partial charge in [-0.25, -0.2) is 0 Å². The van der Waals surface area contributed by atoms with Gasteiger partial charge < -0.3 is 0 Å². The molecule has 0 aliphatic carbocycles. The molecule has 1 aliphatic rings. The summed E-state index contributed by atoms with van der Waals surface area (Å²) < 4.78 is 0. The molecule has 0 atom stereocenters. The van der Waals surface area contributed by atoms with Gasteiger partial charge in [-0.05, 0) is 24.3 Å². The van der Waals surface area contributed by atoms with Crippen molar-refractivity contribution in [1.82, 2.24) is 6.15 Å². The van der Waals surface area contributed by atoms with Crippen LogP contribution in [0.1, 0.15) is 38.5 Å². The van der Waals surface area contributed by atoms with E-state index in [0.717, 1.165) is 0 Å². The first kappa shape index (κ1) is 14.6. The summed E-state index contributed by atoms with van der Waals surface area (Å²) in [6, 6.07) is 0. The molecular formula is C8H16NSSb. The van der Waals surface area contributed by atoms with E-state index in [-0.39, 0.29) is 30.6 Å². The smallest absolute Gasteiger partial charge is 0 e. The maximum atomic E-state index is 2.14. The second-order valence-corrected chi connectivity index (χ2v) is 3.96. The summed E-state index contributed by atoms with van der Waals surface area (Å²) in [6.45, 7) is 0. The van der Waals surface area contributed by atoms with Crippen molar-refractivity contribution in [3.8, 4) is 0 Å². The van der Waals surface area contributed by atoms with Crippen LogP contribution < -0.4 is 6.15 Å². The van der Waals surface area contributed by atoms with Gasteiger partial charge in [0.1, 0.15) is 0 Å². The van der Waals surface area contributed by atoms with Gasteiger partial charge in [0.2, 0.25) is 0 Å². The van der Waals surface area contributed by atoms with Crippen LogP contribution in [0.4, 0.5) is 0 Å².